The maximum Gasteiger partial charge on any atom is 0.350 e. The van der Waals surface area contributed by atoms with Gasteiger partial charge in [-0.15, -0.1) is 0 Å². The number of halogens is 1. The number of hydrogen-bond acceptors (Lipinski definition) is 5. The highest BCUT2D eigenvalue weighted by molar-refractivity contribution is 5.96. The van der Waals surface area contributed by atoms with Gasteiger partial charge in [0.05, 0.1) is 28.2 Å². The predicted molar refractivity (Wildman–Crippen MR) is 149 cm³/mol. The molecule has 0 unspecified atom stereocenters. The Labute approximate surface area is 227 Å². The number of aromatic amines is 1. The van der Waals surface area contributed by atoms with E-state index >= 15 is 0 Å². The predicted octanol–water partition coefficient (Wildman–Crippen LogP) is 4.21. The molecule has 4 aromatic heterocycles. The number of fused-ring (bicyclic) bond motifs is 1. The van der Waals surface area contributed by atoms with Crippen molar-refractivity contribution < 1.29 is 9.18 Å². The first-order valence-corrected chi connectivity index (χ1v) is 12.6. The molecule has 0 spiro atoms. The molecule has 0 aliphatic carbocycles. The summed E-state index contributed by atoms with van der Waals surface area (Å²) in [7, 11) is 1.63. The molecule has 10 nitrogen and oxygen atoms in total. The highest BCUT2D eigenvalue weighted by Crippen LogP contribution is 2.34. The summed E-state index contributed by atoms with van der Waals surface area (Å²) in [5.41, 5.74) is 11.0. The summed E-state index contributed by atoms with van der Waals surface area (Å²) in [6.45, 7) is 4.54. The van der Waals surface area contributed by atoms with Crippen LogP contribution in [0.5, 0.6) is 0 Å². The summed E-state index contributed by atoms with van der Waals surface area (Å²) < 4.78 is 19.1. The Morgan fingerprint density at radius 2 is 1.80 bits per heavy atom. The Hall–Kier alpha value is -5.32. The highest BCUT2D eigenvalue weighted by Gasteiger charge is 2.18. The number of carbonyl (C=O) groups is 1. The van der Waals surface area contributed by atoms with Crippen molar-refractivity contribution in [1.29, 1.82) is 0 Å². The minimum absolute atomic E-state index is 0.193. The molecule has 0 bridgehead atoms. The molecule has 6 aromatic rings. The molecule has 6 rings (SSSR count). The van der Waals surface area contributed by atoms with Crippen molar-refractivity contribution in [2.24, 2.45) is 12.8 Å². The molecule has 1 amide bonds. The van der Waals surface area contributed by atoms with Crippen molar-refractivity contribution >= 4 is 16.8 Å². The van der Waals surface area contributed by atoms with Gasteiger partial charge in [0, 0.05) is 36.4 Å². The molecule has 0 saturated carbocycles. The lowest BCUT2D eigenvalue weighted by Crippen LogP contribution is -2.21. The summed E-state index contributed by atoms with van der Waals surface area (Å²) in [4.78, 5) is 28.8. The number of nitrogens with one attached hydrogen (secondary N) is 1. The van der Waals surface area contributed by atoms with Gasteiger partial charge in [-0.1, -0.05) is 12.1 Å². The SMILES string of the molecule is CCn1c(-c2ccc(-n3c(C)nn(C)c3=O)cc2)cc2ccnc(-c3cc(-c4ccc(F)c(C(N)=O)c4)n[nH]3)c21. The first-order chi connectivity index (χ1) is 19.3. The minimum atomic E-state index is -0.842. The molecule has 40 heavy (non-hydrogen) atoms. The number of primary amides is 1. The number of carbonyl (C=O) groups excluding carboxylic acids is 1. The third-order valence-corrected chi connectivity index (χ3v) is 6.99. The van der Waals surface area contributed by atoms with Gasteiger partial charge in [-0.25, -0.2) is 18.4 Å². The van der Waals surface area contributed by atoms with Gasteiger partial charge in [-0.2, -0.15) is 10.2 Å². The number of rotatable bonds is 6. The molecule has 0 fully saturated rings. The van der Waals surface area contributed by atoms with Crippen molar-refractivity contribution in [1.82, 2.24) is 34.1 Å². The number of nitrogens with two attached hydrogens (primary N) is 1. The Balaban J connectivity index is 1.42. The van der Waals surface area contributed by atoms with E-state index in [-0.39, 0.29) is 11.3 Å². The molecule has 2 aromatic carbocycles. The van der Waals surface area contributed by atoms with Gasteiger partial charge in [-0.05, 0) is 67.9 Å². The number of aryl methyl sites for hydroxylation is 3. The molecular formula is C29H25FN8O2. The summed E-state index contributed by atoms with van der Waals surface area (Å²) in [5.74, 6) is -0.906. The number of amides is 1. The van der Waals surface area contributed by atoms with E-state index in [1.165, 1.54) is 16.8 Å². The fourth-order valence-electron chi connectivity index (χ4n) is 5.11. The second-order valence-electron chi connectivity index (χ2n) is 9.43. The zero-order valence-electron chi connectivity index (χ0n) is 22.0. The van der Waals surface area contributed by atoms with E-state index in [1.54, 1.807) is 30.8 Å². The summed E-state index contributed by atoms with van der Waals surface area (Å²) in [5, 5.41) is 12.6. The Morgan fingerprint density at radius 1 is 1.05 bits per heavy atom. The zero-order valence-corrected chi connectivity index (χ0v) is 22.0. The van der Waals surface area contributed by atoms with E-state index in [1.807, 2.05) is 36.4 Å². The first kappa shape index (κ1) is 25.0. The molecule has 0 saturated heterocycles. The maximum atomic E-state index is 14.0. The van der Waals surface area contributed by atoms with Gasteiger partial charge in [0.15, 0.2) is 0 Å². The van der Waals surface area contributed by atoms with Crippen molar-refractivity contribution in [3.8, 4) is 39.6 Å². The van der Waals surface area contributed by atoms with Crippen molar-refractivity contribution in [3.05, 3.63) is 94.5 Å². The highest BCUT2D eigenvalue weighted by atomic mass is 19.1. The first-order valence-electron chi connectivity index (χ1n) is 12.6. The summed E-state index contributed by atoms with van der Waals surface area (Å²) in [6, 6.07) is 17.8. The summed E-state index contributed by atoms with van der Waals surface area (Å²) >= 11 is 0. The van der Waals surface area contributed by atoms with Crippen molar-refractivity contribution in [3.63, 3.8) is 0 Å². The van der Waals surface area contributed by atoms with Crippen LogP contribution in [0.3, 0.4) is 0 Å². The van der Waals surface area contributed by atoms with Gasteiger partial charge in [0.25, 0.3) is 5.91 Å². The van der Waals surface area contributed by atoms with Crippen LogP contribution >= 0.6 is 0 Å². The van der Waals surface area contributed by atoms with Gasteiger partial charge >= 0.3 is 5.69 Å². The Morgan fingerprint density at radius 3 is 2.48 bits per heavy atom. The van der Waals surface area contributed by atoms with Crippen LogP contribution in [0.15, 0.2) is 71.7 Å². The quantitative estimate of drug-likeness (QED) is 0.329. The third-order valence-electron chi connectivity index (χ3n) is 6.99. The third kappa shape index (κ3) is 3.99. The molecule has 0 aliphatic heterocycles. The molecule has 0 atom stereocenters. The smallest absolute Gasteiger partial charge is 0.350 e. The van der Waals surface area contributed by atoms with Crippen LogP contribution in [0.4, 0.5) is 4.39 Å². The number of nitrogens with zero attached hydrogens (tertiary/aromatic N) is 6. The fraction of sp³-hybridized carbons (Fsp3) is 0.138. The Bertz CT molecular complexity index is 1980. The van der Waals surface area contributed by atoms with Gasteiger partial charge in [0.2, 0.25) is 0 Å². The van der Waals surface area contributed by atoms with Gasteiger partial charge < -0.3 is 10.3 Å². The fourth-order valence-corrected chi connectivity index (χ4v) is 5.11. The van der Waals surface area contributed by atoms with E-state index < -0.39 is 11.7 Å². The standard InChI is InChI=1S/C29H25FN8O2/c1-4-37-25(17-5-8-20(9-6-17)38-16(2)35-36(3)29(38)40)14-19-11-12-32-26(27(19)37)24-15-23(33-34-24)18-7-10-22(30)21(13-18)28(31)39/h5-15H,4H2,1-3H3,(H2,31,39)(H,33,34). The number of H-pyrrole nitrogens is 1. The lowest BCUT2D eigenvalue weighted by molar-refractivity contribution is 0.0996. The molecule has 11 heteroatoms. The number of aromatic nitrogens is 7. The van der Waals surface area contributed by atoms with Crippen molar-refractivity contribution in [2.75, 3.05) is 0 Å². The van der Waals surface area contributed by atoms with Crippen LogP contribution in [0.2, 0.25) is 0 Å². The van der Waals surface area contributed by atoms with Gasteiger partial charge in [-0.3, -0.25) is 14.9 Å². The number of benzene rings is 2. The number of hydrogen-bond donors (Lipinski definition) is 2. The largest absolute Gasteiger partial charge is 0.366 e. The lowest BCUT2D eigenvalue weighted by Gasteiger charge is -2.11. The monoisotopic (exact) mass is 536 g/mol. The molecule has 0 radical (unpaired) electrons. The van der Waals surface area contributed by atoms with Crippen LogP contribution in [0, 0.1) is 12.7 Å². The Kier molecular flexibility index (Phi) is 5.91. The van der Waals surface area contributed by atoms with Crippen molar-refractivity contribution in [2.45, 2.75) is 20.4 Å². The average Bonchev–Trinajstić information content (AvgIpc) is 3.64. The second kappa shape index (κ2) is 9.45. The van der Waals surface area contributed by atoms with Gasteiger partial charge in [0.1, 0.15) is 17.3 Å². The molecule has 0 aliphatic rings. The van der Waals surface area contributed by atoms with Crippen LogP contribution < -0.4 is 11.4 Å². The van der Waals surface area contributed by atoms with Crippen LogP contribution in [0.25, 0.3) is 50.5 Å². The van der Waals surface area contributed by atoms with Crippen LogP contribution in [0.1, 0.15) is 23.1 Å². The van der Waals surface area contributed by atoms with E-state index in [0.717, 1.165) is 27.8 Å². The summed E-state index contributed by atoms with van der Waals surface area (Å²) in [6.07, 6.45) is 1.74. The molecular weight excluding hydrogens is 511 g/mol. The van der Waals surface area contributed by atoms with Crippen LogP contribution in [-0.2, 0) is 13.6 Å². The normalized spacial score (nSPS) is 11.4. The lowest BCUT2D eigenvalue weighted by atomic mass is 10.1. The molecule has 3 N–H and O–H groups in total. The second-order valence-corrected chi connectivity index (χ2v) is 9.43. The van der Waals surface area contributed by atoms with E-state index in [4.69, 9.17) is 5.73 Å². The topological polar surface area (TPSA) is 129 Å². The zero-order chi connectivity index (χ0) is 28.1. The minimum Gasteiger partial charge on any atom is -0.366 e. The molecule has 4 heterocycles. The van der Waals surface area contributed by atoms with Crippen LogP contribution in [-0.4, -0.2) is 40.0 Å². The van der Waals surface area contributed by atoms with E-state index in [0.29, 0.717) is 35.0 Å². The van der Waals surface area contributed by atoms with E-state index in [9.17, 15) is 14.0 Å². The van der Waals surface area contributed by atoms with E-state index in [2.05, 4.69) is 37.8 Å². The number of pyridine rings is 1. The maximum absolute atomic E-state index is 14.0. The average molecular weight is 537 g/mol. The molecule has 200 valence electrons.